The van der Waals surface area contributed by atoms with Gasteiger partial charge in [0.05, 0.1) is 20.2 Å². The monoisotopic (exact) mass is 566 g/mol. The van der Waals surface area contributed by atoms with Crippen molar-refractivity contribution in [3.05, 3.63) is 59.7 Å². The number of guanidine groups is 1. The zero-order valence-corrected chi connectivity index (χ0v) is 22.0. The number of carbonyl (C=O) groups is 1. The van der Waals surface area contributed by atoms with Crippen molar-refractivity contribution in [2.24, 2.45) is 4.99 Å². The van der Waals surface area contributed by atoms with Gasteiger partial charge in [-0.2, -0.15) is 0 Å². The molecule has 8 heteroatoms. The number of methoxy groups -OCH3 is 1. The molecule has 7 nitrogen and oxygen atoms in total. The number of carbonyl (C=O) groups excluding carboxylic acids is 1. The van der Waals surface area contributed by atoms with E-state index in [1.165, 1.54) is 0 Å². The first-order valence-electron chi connectivity index (χ1n) is 11.3. The fourth-order valence-electron chi connectivity index (χ4n) is 3.54. The van der Waals surface area contributed by atoms with Crippen LogP contribution in [-0.4, -0.2) is 49.6 Å². The van der Waals surface area contributed by atoms with Crippen LogP contribution in [0, 0.1) is 0 Å². The largest absolute Gasteiger partial charge is 0.497 e. The number of benzene rings is 2. The van der Waals surface area contributed by atoms with Crippen LogP contribution in [0.15, 0.2) is 53.5 Å². The Morgan fingerprint density at radius 1 is 1.12 bits per heavy atom. The summed E-state index contributed by atoms with van der Waals surface area (Å²) in [4.78, 5) is 18.4. The van der Waals surface area contributed by atoms with Crippen molar-refractivity contribution < 1.29 is 14.3 Å². The van der Waals surface area contributed by atoms with Crippen molar-refractivity contribution in [2.75, 3.05) is 26.7 Å². The molecule has 2 aromatic carbocycles. The molecule has 2 N–H and O–H groups in total. The molecule has 0 bridgehead atoms. The first kappa shape index (κ1) is 26.8. The lowest BCUT2D eigenvalue weighted by Gasteiger charge is -2.18. The summed E-state index contributed by atoms with van der Waals surface area (Å²) >= 11 is 0. The molecule has 1 aliphatic heterocycles. The maximum Gasteiger partial charge on any atom is 0.222 e. The number of amides is 1. The second-order valence-corrected chi connectivity index (χ2v) is 7.92. The minimum atomic E-state index is -0.0430. The van der Waals surface area contributed by atoms with Crippen LogP contribution in [0.25, 0.3) is 0 Å². The second-order valence-electron chi connectivity index (χ2n) is 7.92. The molecular weight excluding hydrogens is 531 g/mol. The number of aliphatic imine (C=N–C) groups is 1. The summed E-state index contributed by atoms with van der Waals surface area (Å²) in [6.45, 7) is 7.58. The molecule has 1 fully saturated rings. The number of hydrogen-bond donors (Lipinski definition) is 2. The fraction of sp³-hybridized carbons (Fsp3) is 0.440. The van der Waals surface area contributed by atoms with E-state index in [0.29, 0.717) is 26.1 Å². The minimum Gasteiger partial charge on any atom is -0.497 e. The zero-order chi connectivity index (χ0) is 22.8. The maximum absolute atomic E-state index is 11.8. The summed E-state index contributed by atoms with van der Waals surface area (Å²) in [6, 6.07) is 15.9. The summed E-state index contributed by atoms with van der Waals surface area (Å²) in [5.41, 5.74) is 2.28. The molecule has 1 aliphatic rings. The third-order valence-corrected chi connectivity index (χ3v) is 5.27. The fourth-order valence-corrected chi connectivity index (χ4v) is 3.54. The van der Waals surface area contributed by atoms with Gasteiger partial charge in [0.25, 0.3) is 0 Å². The third-order valence-electron chi connectivity index (χ3n) is 5.27. The van der Waals surface area contributed by atoms with Crippen molar-refractivity contribution >= 4 is 35.8 Å². The summed E-state index contributed by atoms with van der Waals surface area (Å²) < 4.78 is 11.2. The average Bonchev–Trinajstić information content (AvgIpc) is 3.21. The van der Waals surface area contributed by atoms with Crippen molar-refractivity contribution in [3.8, 4) is 11.5 Å². The van der Waals surface area contributed by atoms with E-state index < -0.39 is 0 Å². The molecule has 180 valence electrons. The van der Waals surface area contributed by atoms with Gasteiger partial charge in [-0.15, -0.1) is 24.0 Å². The predicted molar refractivity (Wildman–Crippen MR) is 142 cm³/mol. The smallest absolute Gasteiger partial charge is 0.222 e. The highest BCUT2D eigenvalue weighted by Crippen LogP contribution is 2.20. The van der Waals surface area contributed by atoms with E-state index >= 15 is 0 Å². The van der Waals surface area contributed by atoms with Crippen LogP contribution in [-0.2, 0) is 17.9 Å². The number of ether oxygens (including phenoxy) is 2. The third kappa shape index (κ3) is 8.75. The number of likely N-dealkylation sites (tertiary alicyclic amines) is 1. The average molecular weight is 566 g/mol. The quantitative estimate of drug-likeness (QED) is 0.259. The predicted octanol–water partition coefficient (Wildman–Crippen LogP) is 3.96. The Bertz CT molecular complexity index is 905. The molecule has 1 atom stereocenters. The molecular formula is C25H35IN4O3. The lowest BCUT2D eigenvalue weighted by molar-refractivity contribution is -0.128. The molecule has 3 rings (SSSR count). The molecule has 1 amide bonds. The van der Waals surface area contributed by atoms with Gasteiger partial charge in [0.2, 0.25) is 5.91 Å². The lowest BCUT2D eigenvalue weighted by atomic mass is 10.1. The topological polar surface area (TPSA) is 75.2 Å². The van der Waals surface area contributed by atoms with Gasteiger partial charge in [-0.05, 0) is 43.5 Å². The van der Waals surface area contributed by atoms with Crippen LogP contribution in [0.5, 0.6) is 11.5 Å². The Morgan fingerprint density at radius 2 is 1.85 bits per heavy atom. The van der Waals surface area contributed by atoms with E-state index in [2.05, 4.69) is 39.9 Å². The molecule has 1 saturated heterocycles. The van der Waals surface area contributed by atoms with Crippen LogP contribution in [0.4, 0.5) is 0 Å². The molecule has 1 unspecified atom stereocenters. The Kier molecular flexibility index (Phi) is 11.3. The highest BCUT2D eigenvalue weighted by Gasteiger charge is 2.19. The molecule has 2 aromatic rings. The number of nitrogens with zero attached hydrogens (tertiary/aromatic N) is 2. The van der Waals surface area contributed by atoms with Crippen LogP contribution >= 0.6 is 24.0 Å². The van der Waals surface area contributed by atoms with Gasteiger partial charge in [-0.3, -0.25) is 4.79 Å². The SMILES string of the molecule is CCNC(=NCc1ccc(CN2CCCC2=O)cc1)NCC(C)Oc1cccc(OC)c1.I. The van der Waals surface area contributed by atoms with E-state index in [9.17, 15) is 4.79 Å². The first-order valence-corrected chi connectivity index (χ1v) is 11.3. The molecule has 0 saturated carbocycles. The van der Waals surface area contributed by atoms with Gasteiger partial charge in [-0.1, -0.05) is 30.3 Å². The van der Waals surface area contributed by atoms with E-state index in [1.807, 2.05) is 43.0 Å². The minimum absolute atomic E-state index is 0. The van der Waals surface area contributed by atoms with Gasteiger partial charge in [0.1, 0.15) is 17.6 Å². The number of halogens is 1. The van der Waals surface area contributed by atoms with E-state index in [1.54, 1.807) is 7.11 Å². The van der Waals surface area contributed by atoms with Crippen LogP contribution in [0.1, 0.15) is 37.8 Å². The molecule has 1 heterocycles. The molecule has 33 heavy (non-hydrogen) atoms. The highest BCUT2D eigenvalue weighted by atomic mass is 127. The highest BCUT2D eigenvalue weighted by molar-refractivity contribution is 14.0. The summed E-state index contributed by atoms with van der Waals surface area (Å²) in [5, 5.41) is 6.62. The van der Waals surface area contributed by atoms with Crippen molar-refractivity contribution in [1.82, 2.24) is 15.5 Å². The van der Waals surface area contributed by atoms with Gasteiger partial charge in [0.15, 0.2) is 5.96 Å². The number of nitrogens with one attached hydrogen (secondary N) is 2. The Morgan fingerprint density at radius 3 is 2.52 bits per heavy atom. The second kappa shape index (κ2) is 13.9. The lowest BCUT2D eigenvalue weighted by Crippen LogP contribution is -2.41. The standard InChI is InChI=1S/C25H34N4O3.HI/c1-4-26-25(27-16-19(2)32-23-8-5-7-22(15-23)31-3)28-17-20-10-12-21(13-11-20)18-29-14-6-9-24(29)30;/h5,7-8,10-13,15,19H,4,6,9,14,16-18H2,1-3H3,(H2,26,27,28);1H. The van der Waals surface area contributed by atoms with Crippen molar-refractivity contribution in [3.63, 3.8) is 0 Å². The van der Waals surface area contributed by atoms with Gasteiger partial charge in [-0.25, -0.2) is 4.99 Å². The van der Waals surface area contributed by atoms with Gasteiger partial charge < -0.3 is 25.0 Å². The van der Waals surface area contributed by atoms with Gasteiger partial charge >= 0.3 is 0 Å². The first-order chi connectivity index (χ1) is 15.6. The van der Waals surface area contributed by atoms with Crippen molar-refractivity contribution in [2.45, 2.75) is 45.9 Å². The number of rotatable bonds is 10. The summed E-state index contributed by atoms with van der Waals surface area (Å²) in [7, 11) is 1.64. The normalized spacial score (nSPS) is 14.5. The Hall–Kier alpha value is -2.49. The molecule has 0 aromatic heterocycles. The maximum atomic E-state index is 11.8. The van der Waals surface area contributed by atoms with E-state index in [0.717, 1.165) is 48.1 Å². The van der Waals surface area contributed by atoms with E-state index in [4.69, 9.17) is 9.47 Å². The summed E-state index contributed by atoms with van der Waals surface area (Å²) in [6.07, 6.45) is 1.60. The van der Waals surface area contributed by atoms with E-state index in [-0.39, 0.29) is 36.0 Å². The molecule has 0 spiro atoms. The molecule has 0 radical (unpaired) electrons. The van der Waals surface area contributed by atoms with Crippen molar-refractivity contribution in [1.29, 1.82) is 0 Å². The summed E-state index contributed by atoms with van der Waals surface area (Å²) in [5.74, 6) is 2.55. The number of hydrogen-bond acceptors (Lipinski definition) is 4. The zero-order valence-electron chi connectivity index (χ0n) is 19.7. The van der Waals surface area contributed by atoms with Crippen LogP contribution in [0.2, 0.25) is 0 Å². The molecule has 0 aliphatic carbocycles. The Balaban J connectivity index is 0.00000385. The Labute approximate surface area is 214 Å². The van der Waals surface area contributed by atoms with Crippen LogP contribution < -0.4 is 20.1 Å². The van der Waals surface area contributed by atoms with Gasteiger partial charge in [0, 0.05) is 32.1 Å². The van der Waals surface area contributed by atoms with Crippen LogP contribution in [0.3, 0.4) is 0 Å².